The summed E-state index contributed by atoms with van der Waals surface area (Å²) in [4.78, 5) is 0. The Kier molecular flexibility index (Phi) is 6.53. The van der Waals surface area contributed by atoms with Gasteiger partial charge in [-0.25, -0.2) is 0 Å². The van der Waals surface area contributed by atoms with Crippen molar-refractivity contribution in [2.45, 2.75) is 84.4 Å². The van der Waals surface area contributed by atoms with Crippen molar-refractivity contribution >= 4 is 8.32 Å². The summed E-state index contributed by atoms with van der Waals surface area (Å²) in [5.74, 6) is 1.64. The Balaban J connectivity index is 3.04. The van der Waals surface area contributed by atoms with E-state index < -0.39 is 8.32 Å². The lowest BCUT2D eigenvalue weighted by atomic mass is 9.86. The topological polar surface area (TPSA) is 33.0 Å². The molecule has 0 saturated carbocycles. The first-order valence-corrected chi connectivity index (χ1v) is 10.7. The Morgan fingerprint density at radius 1 is 1.10 bits per heavy atom. The molecule has 0 aromatic heterocycles. The molecule has 2 unspecified atom stereocenters. The van der Waals surface area contributed by atoms with Gasteiger partial charge in [-0.05, 0) is 48.4 Å². The third-order valence-corrected chi connectivity index (χ3v) is 11.3. The molecule has 1 aliphatic carbocycles. The number of allylic oxidation sites excluding steroid dienone is 2. The van der Waals surface area contributed by atoms with Crippen LogP contribution in [0.15, 0.2) is 11.8 Å². The highest BCUT2D eigenvalue weighted by Gasteiger charge is 2.47. The molecule has 1 aliphatic rings. The first-order chi connectivity index (χ1) is 9.75. The van der Waals surface area contributed by atoms with Gasteiger partial charge in [-0.15, -0.1) is 0 Å². The molecule has 0 amide bonds. The van der Waals surface area contributed by atoms with Crippen LogP contribution in [-0.4, -0.2) is 8.32 Å². The molecule has 120 valence electrons. The molecule has 0 aliphatic heterocycles. The number of hydrogen-bond acceptors (Lipinski definition) is 2. The Morgan fingerprint density at radius 2 is 1.62 bits per heavy atom. The standard InChI is InChI=1S/C18H33NOSi/c1-13(2)21(14(3)4,15(5)6)20-18-10-8-9-17(11-18)16(7)12-19/h11,13-17H,8-10H2,1-7H3. The molecular formula is C18H33NOSi. The van der Waals surface area contributed by atoms with E-state index in [4.69, 9.17) is 9.69 Å². The summed E-state index contributed by atoms with van der Waals surface area (Å²) >= 11 is 0. The van der Waals surface area contributed by atoms with Crippen LogP contribution in [0.4, 0.5) is 0 Å². The maximum absolute atomic E-state index is 9.16. The second-order valence-corrected chi connectivity index (χ2v) is 12.9. The van der Waals surface area contributed by atoms with Crippen LogP contribution >= 0.6 is 0 Å². The maximum Gasteiger partial charge on any atom is 0.258 e. The Morgan fingerprint density at radius 3 is 2.05 bits per heavy atom. The lowest BCUT2D eigenvalue weighted by Crippen LogP contribution is -2.47. The summed E-state index contributed by atoms with van der Waals surface area (Å²) in [5.41, 5.74) is 1.81. The van der Waals surface area contributed by atoms with E-state index in [9.17, 15) is 0 Å². The summed E-state index contributed by atoms with van der Waals surface area (Å²) in [7, 11) is -1.84. The SMILES string of the molecule is CC(C#N)C1C=C(O[Si](C(C)C)(C(C)C)C(C)C)CCC1. The highest BCUT2D eigenvalue weighted by Crippen LogP contribution is 2.45. The van der Waals surface area contributed by atoms with Gasteiger partial charge in [0, 0.05) is 12.3 Å². The summed E-state index contributed by atoms with van der Waals surface area (Å²) in [6, 6.07) is 2.40. The van der Waals surface area contributed by atoms with Gasteiger partial charge in [-0.2, -0.15) is 5.26 Å². The van der Waals surface area contributed by atoms with Crippen LogP contribution in [0, 0.1) is 23.2 Å². The molecule has 2 atom stereocenters. The zero-order valence-corrected chi connectivity index (χ0v) is 15.9. The molecule has 0 saturated heterocycles. The first-order valence-electron chi connectivity index (χ1n) is 8.55. The first kappa shape index (κ1) is 18.3. The molecule has 0 bridgehead atoms. The van der Waals surface area contributed by atoms with Crippen LogP contribution in [-0.2, 0) is 4.43 Å². The zero-order valence-electron chi connectivity index (χ0n) is 14.9. The van der Waals surface area contributed by atoms with Gasteiger partial charge in [-0.1, -0.05) is 41.5 Å². The molecule has 1 rings (SSSR count). The van der Waals surface area contributed by atoms with Crippen LogP contribution in [0.5, 0.6) is 0 Å². The van der Waals surface area contributed by atoms with Crippen molar-refractivity contribution in [3.63, 3.8) is 0 Å². The van der Waals surface area contributed by atoms with Crippen molar-refractivity contribution < 1.29 is 4.43 Å². The molecule has 0 N–H and O–H groups in total. The van der Waals surface area contributed by atoms with Crippen molar-refractivity contribution in [1.82, 2.24) is 0 Å². The average Bonchev–Trinajstić information content (AvgIpc) is 2.42. The van der Waals surface area contributed by atoms with Crippen molar-refractivity contribution in [2.24, 2.45) is 11.8 Å². The number of nitrogens with zero attached hydrogens (tertiary/aromatic N) is 1. The molecule has 3 heteroatoms. The minimum Gasteiger partial charge on any atom is -0.546 e. The van der Waals surface area contributed by atoms with Crippen molar-refractivity contribution in [3.05, 3.63) is 11.8 Å². The van der Waals surface area contributed by atoms with Gasteiger partial charge >= 0.3 is 0 Å². The zero-order chi connectivity index (χ0) is 16.2. The number of hydrogen-bond donors (Lipinski definition) is 0. The van der Waals surface area contributed by atoms with Gasteiger partial charge in [0.25, 0.3) is 8.32 Å². The summed E-state index contributed by atoms with van der Waals surface area (Å²) < 4.78 is 6.78. The van der Waals surface area contributed by atoms with Crippen molar-refractivity contribution in [1.29, 1.82) is 5.26 Å². The predicted octanol–water partition coefficient (Wildman–Crippen LogP) is 6.02. The average molecular weight is 308 g/mol. The van der Waals surface area contributed by atoms with Crippen molar-refractivity contribution in [3.8, 4) is 6.07 Å². The third-order valence-electron chi connectivity index (χ3n) is 5.22. The molecule has 0 spiro atoms. The van der Waals surface area contributed by atoms with Crippen LogP contribution in [0.2, 0.25) is 16.6 Å². The van der Waals surface area contributed by atoms with Gasteiger partial charge < -0.3 is 4.43 Å². The fourth-order valence-corrected chi connectivity index (χ4v) is 9.40. The molecular weight excluding hydrogens is 274 g/mol. The van der Waals surface area contributed by atoms with E-state index in [1.54, 1.807) is 0 Å². The monoisotopic (exact) mass is 307 g/mol. The van der Waals surface area contributed by atoms with Gasteiger partial charge in [0.2, 0.25) is 0 Å². The van der Waals surface area contributed by atoms with Crippen LogP contribution in [0.1, 0.15) is 67.7 Å². The van der Waals surface area contributed by atoms with E-state index >= 15 is 0 Å². The molecule has 0 radical (unpaired) electrons. The Bertz CT molecular complexity index is 384. The minimum absolute atomic E-state index is 0.0946. The van der Waals surface area contributed by atoms with E-state index in [2.05, 4.69) is 53.7 Å². The Hall–Kier alpha value is -0.753. The molecule has 2 nitrogen and oxygen atoms in total. The van der Waals surface area contributed by atoms with Crippen LogP contribution < -0.4 is 0 Å². The quantitative estimate of drug-likeness (QED) is 0.562. The minimum atomic E-state index is -1.84. The van der Waals surface area contributed by atoms with E-state index in [0.29, 0.717) is 22.5 Å². The second kappa shape index (κ2) is 7.49. The Labute approximate surface area is 132 Å². The number of nitriles is 1. The fraction of sp³-hybridized carbons (Fsp3) is 0.833. The molecule has 21 heavy (non-hydrogen) atoms. The largest absolute Gasteiger partial charge is 0.546 e. The lowest BCUT2D eigenvalue weighted by molar-refractivity contribution is 0.314. The third kappa shape index (κ3) is 3.91. The van der Waals surface area contributed by atoms with Crippen LogP contribution in [0.3, 0.4) is 0 Å². The highest BCUT2D eigenvalue weighted by molar-refractivity contribution is 6.77. The van der Waals surface area contributed by atoms with E-state index in [0.717, 1.165) is 19.3 Å². The van der Waals surface area contributed by atoms with Gasteiger partial charge in [0.05, 0.1) is 11.8 Å². The van der Waals surface area contributed by atoms with Gasteiger partial charge in [-0.3, -0.25) is 0 Å². The number of rotatable bonds is 6. The molecule has 0 aromatic carbocycles. The lowest BCUT2D eigenvalue weighted by Gasteiger charge is -2.43. The summed E-state index contributed by atoms with van der Waals surface area (Å²) in [5, 5.41) is 9.16. The predicted molar refractivity (Wildman–Crippen MR) is 92.3 cm³/mol. The van der Waals surface area contributed by atoms with Crippen LogP contribution in [0.25, 0.3) is 0 Å². The molecule has 0 aromatic rings. The summed E-state index contributed by atoms with van der Waals surface area (Å²) in [6.45, 7) is 16.0. The van der Waals surface area contributed by atoms with E-state index in [1.165, 1.54) is 5.76 Å². The molecule has 0 heterocycles. The second-order valence-electron chi connectivity index (χ2n) is 7.53. The highest BCUT2D eigenvalue weighted by atomic mass is 28.4. The van der Waals surface area contributed by atoms with Gasteiger partial charge in [0.15, 0.2) is 0 Å². The van der Waals surface area contributed by atoms with Gasteiger partial charge in [0.1, 0.15) is 0 Å². The fourth-order valence-electron chi connectivity index (χ4n) is 4.07. The van der Waals surface area contributed by atoms with E-state index in [1.807, 2.05) is 6.92 Å². The maximum atomic E-state index is 9.16. The smallest absolute Gasteiger partial charge is 0.258 e. The van der Waals surface area contributed by atoms with Crippen molar-refractivity contribution in [2.75, 3.05) is 0 Å². The van der Waals surface area contributed by atoms with E-state index in [-0.39, 0.29) is 5.92 Å². The normalized spacial score (nSPS) is 21.4. The summed E-state index contributed by atoms with van der Waals surface area (Å²) in [6.07, 6.45) is 5.60. The molecule has 0 fully saturated rings.